The van der Waals surface area contributed by atoms with Crippen LogP contribution in [0.1, 0.15) is 5.56 Å². The number of hydrogen-bond donors (Lipinski definition) is 1. The van der Waals surface area contributed by atoms with Crippen molar-refractivity contribution in [1.82, 2.24) is 9.88 Å². The number of thiazole rings is 1. The largest absolute Gasteiger partial charge is 0.379 e. The standard InChI is InChI=1S/C14H18ClN3OS/c1-10-8-11(15)9-12-13(10)17-14(20-12)16-2-3-18-4-6-19-7-5-18/h8-9H,2-7H2,1H3,(H,16,17). The minimum absolute atomic E-state index is 0.776. The van der Waals surface area contributed by atoms with E-state index in [4.69, 9.17) is 16.3 Å². The Balaban J connectivity index is 1.61. The van der Waals surface area contributed by atoms with Crippen LogP contribution in [0, 0.1) is 6.92 Å². The number of aryl methyl sites for hydroxylation is 1. The minimum Gasteiger partial charge on any atom is -0.379 e. The first kappa shape index (κ1) is 14.1. The van der Waals surface area contributed by atoms with Gasteiger partial charge in [0.25, 0.3) is 0 Å². The summed E-state index contributed by atoms with van der Waals surface area (Å²) in [4.78, 5) is 7.05. The third-order valence-corrected chi connectivity index (χ3v) is 4.64. The lowest BCUT2D eigenvalue weighted by Crippen LogP contribution is -2.38. The molecular weight excluding hydrogens is 294 g/mol. The Labute approximate surface area is 127 Å². The maximum atomic E-state index is 6.08. The van der Waals surface area contributed by atoms with Crippen molar-refractivity contribution in [2.75, 3.05) is 44.7 Å². The molecule has 0 radical (unpaired) electrons. The van der Waals surface area contributed by atoms with Crippen LogP contribution in [0.5, 0.6) is 0 Å². The lowest BCUT2D eigenvalue weighted by molar-refractivity contribution is 0.0398. The summed E-state index contributed by atoms with van der Waals surface area (Å²) in [6.45, 7) is 7.72. The van der Waals surface area contributed by atoms with Gasteiger partial charge < -0.3 is 10.1 Å². The topological polar surface area (TPSA) is 37.4 Å². The van der Waals surface area contributed by atoms with Crippen LogP contribution in [0.25, 0.3) is 10.2 Å². The smallest absolute Gasteiger partial charge is 0.183 e. The first-order valence-electron chi connectivity index (χ1n) is 6.83. The number of morpholine rings is 1. The molecule has 108 valence electrons. The van der Waals surface area contributed by atoms with Crippen LogP contribution in [0.15, 0.2) is 12.1 Å². The van der Waals surface area contributed by atoms with Gasteiger partial charge in [-0.3, -0.25) is 4.90 Å². The zero-order valence-corrected chi connectivity index (χ0v) is 13.1. The molecule has 20 heavy (non-hydrogen) atoms. The molecule has 0 bridgehead atoms. The Morgan fingerprint density at radius 1 is 1.40 bits per heavy atom. The van der Waals surface area contributed by atoms with Crippen LogP contribution >= 0.6 is 22.9 Å². The second-order valence-electron chi connectivity index (χ2n) is 4.97. The van der Waals surface area contributed by atoms with Crippen molar-refractivity contribution in [3.63, 3.8) is 0 Å². The van der Waals surface area contributed by atoms with E-state index < -0.39 is 0 Å². The van der Waals surface area contributed by atoms with Crippen LogP contribution in [-0.2, 0) is 4.74 Å². The molecular formula is C14H18ClN3OS. The number of halogens is 1. The molecule has 4 nitrogen and oxygen atoms in total. The van der Waals surface area contributed by atoms with Gasteiger partial charge in [-0.15, -0.1) is 0 Å². The molecule has 0 aliphatic carbocycles. The number of nitrogens with one attached hydrogen (secondary N) is 1. The Kier molecular flexibility index (Phi) is 4.41. The van der Waals surface area contributed by atoms with Gasteiger partial charge in [-0.05, 0) is 24.6 Å². The number of ether oxygens (including phenoxy) is 1. The van der Waals surface area contributed by atoms with Gasteiger partial charge >= 0.3 is 0 Å². The number of fused-ring (bicyclic) bond motifs is 1. The average molecular weight is 312 g/mol. The second kappa shape index (κ2) is 6.26. The molecule has 1 fully saturated rings. The first-order valence-corrected chi connectivity index (χ1v) is 8.02. The highest BCUT2D eigenvalue weighted by Crippen LogP contribution is 2.30. The van der Waals surface area contributed by atoms with E-state index >= 15 is 0 Å². The molecule has 1 aliphatic heterocycles. The molecule has 1 aromatic heterocycles. The molecule has 1 aliphatic rings. The fourth-order valence-electron chi connectivity index (χ4n) is 2.38. The summed E-state index contributed by atoms with van der Waals surface area (Å²) in [6, 6.07) is 3.94. The zero-order valence-electron chi connectivity index (χ0n) is 11.5. The van der Waals surface area contributed by atoms with E-state index in [-0.39, 0.29) is 0 Å². The van der Waals surface area contributed by atoms with Crippen LogP contribution < -0.4 is 5.32 Å². The summed E-state index contributed by atoms with van der Waals surface area (Å²) in [5.74, 6) is 0. The highest BCUT2D eigenvalue weighted by Gasteiger charge is 2.10. The number of nitrogens with zero attached hydrogens (tertiary/aromatic N) is 2. The van der Waals surface area contributed by atoms with Crippen molar-refractivity contribution >= 4 is 38.3 Å². The van der Waals surface area contributed by atoms with E-state index in [1.165, 1.54) is 0 Å². The predicted molar refractivity (Wildman–Crippen MR) is 85.1 cm³/mol. The number of anilines is 1. The number of rotatable bonds is 4. The van der Waals surface area contributed by atoms with Crippen molar-refractivity contribution in [1.29, 1.82) is 0 Å². The van der Waals surface area contributed by atoms with Gasteiger partial charge in [0.2, 0.25) is 0 Å². The first-order chi connectivity index (χ1) is 9.72. The van der Waals surface area contributed by atoms with Crippen molar-refractivity contribution in [3.05, 3.63) is 22.7 Å². The maximum absolute atomic E-state index is 6.08. The van der Waals surface area contributed by atoms with E-state index in [1.807, 2.05) is 19.1 Å². The van der Waals surface area contributed by atoms with Crippen LogP contribution in [0.4, 0.5) is 5.13 Å². The molecule has 3 rings (SSSR count). The third kappa shape index (κ3) is 3.23. The SMILES string of the molecule is Cc1cc(Cl)cc2sc(NCCN3CCOCC3)nc12. The molecule has 0 amide bonds. The molecule has 0 saturated carbocycles. The van der Waals surface area contributed by atoms with Gasteiger partial charge in [-0.25, -0.2) is 4.98 Å². The predicted octanol–water partition coefficient (Wildman–Crippen LogP) is 3.00. The molecule has 0 unspecified atom stereocenters. The highest BCUT2D eigenvalue weighted by molar-refractivity contribution is 7.22. The summed E-state index contributed by atoms with van der Waals surface area (Å²) in [5.41, 5.74) is 2.18. The second-order valence-corrected chi connectivity index (χ2v) is 6.44. The number of aromatic nitrogens is 1. The van der Waals surface area contributed by atoms with Gasteiger partial charge in [0.1, 0.15) is 0 Å². The lowest BCUT2D eigenvalue weighted by Gasteiger charge is -2.26. The van der Waals surface area contributed by atoms with E-state index in [0.29, 0.717) is 0 Å². The fourth-order valence-corrected chi connectivity index (χ4v) is 3.72. The van der Waals surface area contributed by atoms with E-state index in [2.05, 4.69) is 15.2 Å². The molecule has 1 N–H and O–H groups in total. The van der Waals surface area contributed by atoms with E-state index in [1.54, 1.807) is 11.3 Å². The Morgan fingerprint density at radius 3 is 3.00 bits per heavy atom. The number of benzene rings is 1. The van der Waals surface area contributed by atoms with Crippen molar-refractivity contribution in [2.45, 2.75) is 6.92 Å². The van der Waals surface area contributed by atoms with Gasteiger partial charge in [0.15, 0.2) is 5.13 Å². The minimum atomic E-state index is 0.776. The van der Waals surface area contributed by atoms with Crippen molar-refractivity contribution in [3.8, 4) is 0 Å². The molecule has 6 heteroatoms. The normalized spacial score (nSPS) is 16.7. The summed E-state index contributed by atoms with van der Waals surface area (Å²) in [7, 11) is 0. The molecule has 0 atom stereocenters. The number of hydrogen-bond acceptors (Lipinski definition) is 5. The Bertz CT molecular complexity index is 595. The summed E-state index contributed by atoms with van der Waals surface area (Å²) >= 11 is 7.74. The van der Waals surface area contributed by atoms with Gasteiger partial charge in [0, 0.05) is 31.2 Å². The monoisotopic (exact) mass is 311 g/mol. The Morgan fingerprint density at radius 2 is 2.20 bits per heavy atom. The lowest BCUT2D eigenvalue weighted by atomic mass is 10.2. The molecule has 1 saturated heterocycles. The highest BCUT2D eigenvalue weighted by atomic mass is 35.5. The summed E-state index contributed by atoms with van der Waals surface area (Å²) in [5, 5.41) is 5.16. The maximum Gasteiger partial charge on any atom is 0.183 e. The van der Waals surface area contributed by atoms with Crippen LogP contribution in [-0.4, -0.2) is 49.3 Å². The van der Waals surface area contributed by atoms with Gasteiger partial charge in [-0.2, -0.15) is 0 Å². The molecule has 1 aromatic carbocycles. The van der Waals surface area contributed by atoms with Crippen molar-refractivity contribution < 1.29 is 4.74 Å². The van der Waals surface area contributed by atoms with E-state index in [9.17, 15) is 0 Å². The quantitative estimate of drug-likeness (QED) is 0.942. The zero-order chi connectivity index (χ0) is 13.9. The van der Waals surface area contributed by atoms with Gasteiger partial charge in [0.05, 0.1) is 23.4 Å². The average Bonchev–Trinajstić information content (AvgIpc) is 2.83. The van der Waals surface area contributed by atoms with Crippen molar-refractivity contribution in [2.24, 2.45) is 0 Å². The molecule has 0 spiro atoms. The molecule has 2 heterocycles. The van der Waals surface area contributed by atoms with Gasteiger partial charge in [-0.1, -0.05) is 22.9 Å². The fraction of sp³-hybridized carbons (Fsp3) is 0.500. The Hall–Kier alpha value is -0.880. The summed E-state index contributed by atoms with van der Waals surface area (Å²) in [6.07, 6.45) is 0. The van der Waals surface area contributed by atoms with E-state index in [0.717, 1.165) is 65.3 Å². The van der Waals surface area contributed by atoms with Crippen LogP contribution in [0.3, 0.4) is 0 Å². The molecule has 2 aromatic rings. The third-order valence-electron chi connectivity index (χ3n) is 3.46. The van der Waals surface area contributed by atoms with Crippen LogP contribution in [0.2, 0.25) is 5.02 Å². The summed E-state index contributed by atoms with van der Waals surface area (Å²) < 4.78 is 6.49.